The molecule has 0 aliphatic rings. The summed E-state index contributed by atoms with van der Waals surface area (Å²) in [6.07, 6.45) is 7.14. The van der Waals surface area contributed by atoms with Gasteiger partial charge < -0.3 is 10.5 Å². The van der Waals surface area contributed by atoms with Gasteiger partial charge in [0, 0.05) is 12.1 Å². The van der Waals surface area contributed by atoms with Crippen LogP contribution in [0.4, 0.5) is 0 Å². The highest BCUT2D eigenvalue weighted by Gasteiger charge is 2.03. The lowest BCUT2D eigenvalue weighted by Crippen LogP contribution is -2.00. The van der Waals surface area contributed by atoms with Gasteiger partial charge in [0.05, 0.1) is 18.1 Å². The van der Waals surface area contributed by atoms with Crippen molar-refractivity contribution < 1.29 is 4.74 Å². The summed E-state index contributed by atoms with van der Waals surface area (Å²) in [6, 6.07) is 7.76. The van der Waals surface area contributed by atoms with Crippen LogP contribution in [0.3, 0.4) is 0 Å². The molecule has 0 saturated heterocycles. The van der Waals surface area contributed by atoms with Crippen molar-refractivity contribution in [1.82, 2.24) is 9.97 Å². The molecule has 0 aliphatic carbocycles. The molecule has 2 N–H and O–H groups in total. The molecule has 1 aromatic heterocycles. The van der Waals surface area contributed by atoms with E-state index in [1.165, 1.54) is 0 Å². The lowest BCUT2D eigenvalue weighted by Gasteiger charge is -2.07. The highest BCUT2D eigenvalue weighted by Crippen LogP contribution is 2.24. The SMILES string of the molecule is C/C=C/c1ccccc1Oc1cnc(CN)cn1. The number of allylic oxidation sites excluding steroid dienone is 1. The van der Waals surface area contributed by atoms with Gasteiger partial charge in [-0.05, 0) is 13.0 Å². The second-order valence-electron chi connectivity index (χ2n) is 3.69. The first-order valence-electron chi connectivity index (χ1n) is 5.74. The predicted octanol–water partition coefficient (Wildman–Crippen LogP) is 2.76. The zero-order valence-corrected chi connectivity index (χ0v) is 10.2. The van der Waals surface area contributed by atoms with E-state index in [0.29, 0.717) is 12.4 Å². The minimum Gasteiger partial charge on any atom is -0.437 e. The van der Waals surface area contributed by atoms with E-state index >= 15 is 0 Å². The van der Waals surface area contributed by atoms with Crippen LogP contribution in [0.25, 0.3) is 6.08 Å². The topological polar surface area (TPSA) is 61.0 Å². The number of rotatable bonds is 4. The summed E-state index contributed by atoms with van der Waals surface area (Å²) in [6.45, 7) is 2.34. The van der Waals surface area contributed by atoms with E-state index in [9.17, 15) is 0 Å². The van der Waals surface area contributed by atoms with Gasteiger partial charge in [-0.2, -0.15) is 0 Å². The Bertz CT molecular complexity index is 535. The number of hydrogen-bond acceptors (Lipinski definition) is 4. The molecule has 0 spiro atoms. The molecule has 0 radical (unpaired) electrons. The van der Waals surface area contributed by atoms with Gasteiger partial charge in [0.2, 0.25) is 5.88 Å². The molecule has 4 nitrogen and oxygen atoms in total. The Kier molecular flexibility index (Phi) is 4.04. The summed E-state index contributed by atoms with van der Waals surface area (Å²) >= 11 is 0. The van der Waals surface area contributed by atoms with Crippen LogP contribution in [0.1, 0.15) is 18.2 Å². The Hall–Kier alpha value is -2.20. The largest absolute Gasteiger partial charge is 0.437 e. The molecule has 0 atom stereocenters. The van der Waals surface area contributed by atoms with Crippen LogP contribution in [0, 0.1) is 0 Å². The van der Waals surface area contributed by atoms with Crippen molar-refractivity contribution in [3.8, 4) is 11.6 Å². The van der Waals surface area contributed by atoms with E-state index in [1.54, 1.807) is 12.4 Å². The molecule has 0 unspecified atom stereocenters. The maximum absolute atomic E-state index is 5.70. The zero-order valence-electron chi connectivity index (χ0n) is 10.2. The van der Waals surface area contributed by atoms with Crippen LogP contribution >= 0.6 is 0 Å². The number of aromatic nitrogens is 2. The number of nitrogens with zero attached hydrogens (tertiary/aromatic N) is 2. The highest BCUT2D eigenvalue weighted by molar-refractivity contribution is 5.57. The third-order valence-corrected chi connectivity index (χ3v) is 2.37. The van der Waals surface area contributed by atoms with E-state index in [1.807, 2.05) is 43.3 Å². The summed E-state index contributed by atoms with van der Waals surface area (Å²) in [5, 5.41) is 0. The third-order valence-electron chi connectivity index (χ3n) is 2.37. The minimum absolute atomic E-state index is 0.377. The van der Waals surface area contributed by atoms with E-state index in [-0.39, 0.29) is 0 Å². The molecular weight excluding hydrogens is 226 g/mol. The van der Waals surface area contributed by atoms with Gasteiger partial charge in [-0.15, -0.1) is 0 Å². The molecule has 1 aromatic carbocycles. The van der Waals surface area contributed by atoms with Crippen LogP contribution in [-0.4, -0.2) is 9.97 Å². The molecule has 18 heavy (non-hydrogen) atoms. The van der Waals surface area contributed by atoms with Crippen LogP contribution in [0.15, 0.2) is 42.7 Å². The molecule has 2 rings (SSSR count). The summed E-state index contributed by atoms with van der Waals surface area (Å²) < 4.78 is 5.70. The number of benzene rings is 1. The van der Waals surface area contributed by atoms with Gasteiger partial charge in [0.1, 0.15) is 5.75 Å². The number of para-hydroxylation sites is 1. The van der Waals surface area contributed by atoms with Gasteiger partial charge >= 0.3 is 0 Å². The van der Waals surface area contributed by atoms with Crippen molar-refractivity contribution in [2.45, 2.75) is 13.5 Å². The average molecular weight is 241 g/mol. The molecule has 2 aromatic rings. The lowest BCUT2D eigenvalue weighted by atomic mass is 10.2. The normalized spacial score (nSPS) is 10.8. The predicted molar refractivity (Wildman–Crippen MR) is 71.1 cm³/mol. The summed E-state index contributed by atoms with van der Waals surface area (Å²) in [5.74, 6) is 1.22. The summed E-state index contributed by atoms with van der Waals surface area (Å²) in [4.78, 5) is 8.30. The van der Waals surface area contributed by atoms with Crippen molar-refractivity contribution in [2.24, 2.45) is 5.73 Å². The average Bonchev–Trinajstić information content (AvgIpc) is 2.42. The first-order chi connectivity index (χ1) is 8.83. The third kappa shape index (κ3) is 2.93. The van der Waals surface area contributed by atoms with Gasteiger partial charge in [0.15, 0.2) is 0 Å². The first-order valence-corrected chi connectivity index (χ1v) is 5.74. The van der Waals surface area contributed by atoms with Crippen LogP contribution < -0.4 is 10.5 Å². The van der Waals surface area contributed by atoms with Gasteiger partial charge in [-0.25, -0.2) is 4.98 Å². The van der Waals surface area contributed by atoms with E-state index < -0.39 is 0 Å². The van der Waals surface area contributed by atoms with Crippen LogP contribution in [0.5, 0.6) is 11.6 Å². The standard InChI is InChI=1S/C14H15N3O/c1-2-5-11-6-3-4-7-13(11)18-14-10-16-12(8-15)9-17-14/h2-7,9-10H,8,15H2,1H3/b5-2+. The first kappa shape index (κ1) is 12.3. The second-order valence-corrected chi connectivity index (χ2v) is 3.69. The minimum atomic E-state index is 0.377. The van der Waals surface area contributed by atoms with Gasteiger partial charge in [-0.3, -0.25) is 4.98 Å². The maximum atomic E-state index is 5.70. The van der Waals surface area contributed by atoms with Crippen molar-refractivity contribution in [1.29, 1.82) is 0 Å². The fraction of sp³-hybridized carbons (Fsp3) is 0.143. The smallest absolute Gasteiger partial charge is 0.237 e. The van der Waals surface area contributed by atoms with Crippen molar-refractivity contribution in [2.75, 3.05) is 0 Å². The monoisotopic (exact) mass is 241 g/mol. The number of hydrogen-bond donors (Lipinski definition) is 1. The van der Waals surface area contributed by atoms with E-state index in [2.05, 4.69) is 9.97 Å². The Morgan fingerprint density at radius 1 is 1.22 bits per heavy atom. The molecule has 4 heteroatoms. The maximum Gasteiger partial charge on any atom is 0.237 e. The van der Waals surface area contributed by atoms with Crippen molar-refractivity contribution >= 4 is 6.08 Å². The molecule has 0 saturated carbocycles. The molecule has 1 heterocycles. The molecular formula is C14H15N3O. The number of ether oxygens (including phenoxy) is 1. The lowest BCUT2D eigenvalue weighted by molar-refractivity contribution is 0.458. The van der Waals surface area contributed by atoms with E-state index in [0.717, 1.165) is 17.0 Å². The highest BCUT2D eigenvalue weighted by atomic mass is 16.5. The molecule has 92 valence electrons. The van der Waals surface area contributed by atoms with Gasteiger partial charge in [-0.1, -0.05) is 30.4 Å². The second kappa shape index (κ2) is 5.93. The Balaban J connectivity index is 2.22. The van der Waals surface area contributed by atoms with Crippen molar-refractivity contribution in [3.05, 3.63) is 54.0 Å². The van der Waals surface area contributed by atoms with E-state index in [4.69, 9.17) is 10.5 Å². The molecule has 0 bridgehead atoms. The van der Waals surface area contributed by atoms with Crippen molar-refractivity contribution in [3.63, 3.8) is 0 Å². The zero-order chi connectivity index (χ0) is 12.8. The number of nitrogens with two attached hydrogens (primary N) is 1. The quantitative estimate of drug-likeness (QED) is 0.894. The Morgan fingerprint density at radius 3 is 2.72 bits per heavy atom. The fourth-order valence-corrected chi connectivity index (χ4v) is 1.50. The Morgan fingerprint density at radius 2 is 2.06 bits per heavy atom. The fourth-order valence-electron chi connectivity index (χ4n) is 1.50. The van der Waals surface area contributed by atoms with Crippen LogP contribution in [-0.2, 0) is 6.54 Å². The molecule has 0 fully saturated rings. The van der Waals surface area contributed by atoms with Gasteiger partial charge in [0.25, 0.3) is 0 Å². The van der Waals surface area contributed by atoms with Crippen LogP contribution in [0.2, 0.25) is 0 Å². The molecule has 0 aliphatic heterocycles. The summed E-state index contributed by atoms with van der Waals surface area (Å²) in [7, 11) is 0. The molecule has 0 amide bonds. The summed E-state index contributed by atoms with van der Waals surface area (Å²) in [5.41, 5.74) is 7.21. The Labute approximate surface area is 106 Å².